The van der Waals surface area contributed by atoms with Crippen LogP contribution in [-0.2, 0) is 0 Å². The Bertz CT molecular complexity index is 368. The van der Waals surface area contributed by atoms with Gasteiger partial charge < -0.3 is 0 Å². The van der Waals surface area contributed by atoms with Crippen molar-refractivity contribution >= 4 is 43.6 Å². The Labute approximate surface area is 126 Å². The molecule has 0 aliphatic heterocycles. The van der Waals surface area contributed by atoms with Gasteiger partial charge in [-0.25, -0.2) is 0 Å². The topological polar surface area (TPSA) is 0 Å². The number of benzene rings is 1. The quantitative estimate of drug-likeness (QED) is 0.494. The van der Waals surface area contributed by atoms with E-state index in [-0.39, 0.29) is 0 Å². The van der Waals surface area contributed by atoms with Crippen LogP contribution in [0.2, 0.25) is 0 Å². The maximum atomic E-state index is 3.73. The van der Waals surface area contributed by atoms with Gasteiger partial charge in [-0.3, -0.25) is 0 Å². The minimum Gasteiger partial charge on any atom is -0.0937 e. The molecule has 0 bridgehead atoms. The van der Waals surface area contributed by atoms with Crippen LogP contribution in [0.1, 0.15) is 39.5 Å². The monoisotopic (exact) mass is 376 g/mol. The first-order valence-electron chi connectivity index (χ1n) is 5.98. The molecule has 0 aromatic heterocycles. The number of hydrogen-bond acceptors (Lipinski definition) is 1. The minimum absolute atomic E-state index is 1.13. The third-order valence-corrected chi connectivity index (χ3v) is 5.17. The zero-order valence-corrected chi connectivity index (χ0v) is 14.3. The van der Waals surface area contributed by atoms with Crippen molar-refractivity contribution in [3.8, 4) is 0 Å². The van der Waals surface area contributed by atoms with Gasteiger partial charge in [-0.2, -0.15) is 0 Å². The molecule has 0 heterocycles. The maximum absolute atomic E-state index is 3.73. The van der Waals surface area contributed by atoms with Gasteiger partial charge in [0.2, 0.25) is 0 Å². The lowest BCUT2D eigenvalue weighted by molar-refractivity contribution is 0.905. The summed E-state index contributed by atoms with van der Waals surface area (Å²) in [7, 11) is 0. The fourth-order valence-corrected chi connectivity index (χ4v) is 3.65. The predicted octanol–water partition coefficient (Wildman–Crippen LogP) is 6.75. The number of allylic oxidation sites excluding steroid dienone is 2. The molecule has 0 unspecified atom stereocenters. The number of rotatable bonds is 6. The van der Waals surface area contributed by atoms with Crippen molar-refractivity contribution in [1.82, 2.24) is 0 Å². The predicted molar refractivity (Wildman–Crippen MR) is 85.8 cm³/mol. The lowest BCUT2D eigenvalue weighted by atomic mass is 10.2. The number of halogens is 2. The van der Waals surface area contributed by atoms with Crippen LogP contribution in [0.15, 0.2) is 43.0 Å². The zero-order valence-electron chi connectivity index (χ0n) is 10.3. The van der Waals surface area contributed by atoms with Gasteiger partial charge in [0.1, 0.15) is 0 Å². The lowest BCUT2D eigenvalue weighted by Crippen LogP contribution is -1.84. The third kappa shape index (κ3) is 5.62. The highest BCUT2D eigenvalue weighted by molar-refractivity contribution is 9.11. The Kier molecular flexibility index (Phi) is 7.56. The first kappa shape index (κ1) is 15.3. The number of hydrogen-bond donors (Lipinski definition) is 0. The van der Waals surface area contributed by atoms with Crippen molar-refractivity contribution in [2.75, 3.05) is 0 Å². The van der Waals surface area contributed by atoms with Crippen molar-refractivity contribution in [3.05, 3.63) is 38.1 Å². The molecule has 0 amide bonds. The standard InChI is InChI=1S/C14H18Br2S/c1-3-5-13(16)14(6-4-2)17-12-9-7-11(15)8-10-12/h7-10H,3-6H2,1-2H3/b14-13+. The van der Waals surface area contributed by atoms with E-state index >= 15 is 0 Å². The highest BCUT2D eigenvalue weighted by Crippen LogP contribution is 2.36. The van der Waals surface area contributed by atoms with E-state index in [0.29, 0.717) is 0 Å². The van der Waals surface area contributed by atoms with Crippen LogP contribution in [0.25, 0.3) is 0 Å². The smallest absolute Gasteiger partial charge is 0.0176 e. The summed E-state index contributed by atoms with van der Waals surface area (Å²) in [4.78, 5) is 2.78. The molecular formula is C14H18Br2S. The van der Waals surface area contributed by atoms with Gasteiger partial charge >= 0.3 is 0 Å². The molecule has 0 saturated heterocycles. The van der Waals surface area contributed by atoms with E-state index in [2.05, 4.69) is 70.0 Å². The Morgan fingerprint density at radius 3 is 2.18 bits per heavy atom. The van der Waals surface area contributed by atoms with Crippen LogP contribution < -0.4 is 0 Å². The molecule has 0 saturated carbocycles. The fraction of sp³-hybridized carbons (Fsp3) is 0.429. The molecule has 0 aliphatic carbocycles. The summed E-state index contributed by atoms with van der Waals surface area (Å²) >= 11 is 9.07. The van der Waals surface area contributed by atoms with E-state index in [4.69, 9.17) is 0 Å². The molecule has 17 heavy (non-hydrogen) atoms. The summed E-state index contributed by atoms with van der Waals surface area (Å²) < 4.78 is 2.50. The lowest BCUT2D eigenvalue weighted by Gasteiger charge is -2.09. The average Bonchev–Trinajstić information content (AvgIpc) is 2.31. The Morgan fingerprint density at radius 1 is 1.06 bits per heavy atom. The molecule has 0 atom stereocenters. The summed E-state index contributed by atoms with van der Waals surface area (Å²) in [6.45, 7) is 4.45. The van der Waals surface area contributed by atoms with E-state index in [9.17, 15) is 0 Å². The van der Waals surface area contributed by atoms with Crippen LogP contribution in [0, 0.1) is 0 Å². The Balaban J connectivity index is 2.79. The maximum Gasteiger partial charge on any atom is 0.0176 e. The molecule has 94 valence electrons. The molecule has 0 spiro atoms. The van der Waals surface area contributed by atoms with Crippen molar-refractivity contribution in [3.63, 3.8) is 0 Å². The second kappa shape index (κ2) is 8.39. The van der Waals surface area contributed by atoms with Crippen molar-refractivity contribution in [2.24, 2.45) is 0 Å². The van der Waals surface area contributed by atoms with Crippen molar-refractivity contribution in [2.45, 2.75) is 44.4 Å². The molecule has 1 aromatic rings. The molecule has 0 aliphatic rings. The molecule has 3 heteroatoms. The highest BCUT2D eigenvalue weighted by atomic mass is 79.9. The molecule has 1 aromatic carbocycles. The van der Waals surface area contributed by atoms with Gasteiger partial charge in [-0.1, -0.05) is 70.3 Å². The van der Waals surface area contributed by atoms with E-state index in [1.165, 1.54) is 27.1 Å². The van der Waals surface area contributed by atoms with Crippen molar-refractivity contribution in [1.29, 1.82) is 0 Å². The van der Waals surface area contributed by atoms with Crippen LogP contribution in [0.3, 0.4) is 0 Å². The van der Waals surface area contributed by atoms with E-state index in [1.54, 1.807) is 0 Å². The van der Waals surface area contributed by atoms with Gasteiger partial charge in [-0.15, -0.1) is 0 Å². The molecule has 0 fully saturated rings. The summed E-state index contributed by atoms with van der Waals surface area (Å²) in [5, 5.41) is 0. The van der Waals surface area contributed by atoms with Crippen molar-refractivity contribution < 1.29 is 0 Å². The Hall–Kier alpha value is 0.270. The van der Waals surface area contributed by atoms with E-state index < -0.39 is 0 Å². The van der Waals surface area contributed by atoms with Gasteiger partial charge in [0, 0.05) is 13.9 Å². The fourth-order valence-electron chi connectivity index (χ4n) is 1.47. The second-order valence-corrected chi connectivity index (χ2v) is 6.93. The first-order chi connectivity index (χ1) is 8.17. The highest BCUT2D eigenvalue weighted by Gasteiger charge is 2.05. The first-order valence-corrected chi connectivity index (χ1v) is 8.38. The molecule has 0 radical (unpaired) electrons. The largest absolute Gasteiger partial charge is 0.0937 e. The summed E-state index contributed by atoms with van der Waals surface area (Å²) in [5.41, 5.74) is 0. The minimum atomic E-state index is 1.13. The van der Waals surface area contributed by atoms with Crippen LogP contribution in [-0.4, -0.2) is 0 Å². The third-order valence-electron chi connectivity index (χ3n) is 2.30. The molecule has 0 N–H and O–H groups in total. The summed E-state index contributed by atoms with van der Waals surface area (Å²) in [6, 6.07) is 8.52. The zero-order chi connectivity index (χ0) is 12.7. The molecule has 0 nitrogen and oxygen atoms in total. The van der Waals surface area contributed by atoms with Crippen LogP contribution in [0.4, 0.5) is 0 Å². The SMILES string of the molecule is CCC/C(Br)=C(/CCC)Sc1ccc(Br)cc1. The molecule has 1 rings (SSSR count). The van der Waals surface area contributed by atoms with Gasteiger partial charge in [0.25, 0.3) is 0 Å². The average molecular weight is 378 g/mol. The van der Waals surface area contributed by atoms with Crippen LogP contribution >= 0.6 is 43.6 Å². The van der Waals surface area contributed by atoms with Crippen LogP contribution in [0.5, 0.6) is 0 Å². The van der Waals surface area contributed by atoms with Gasteiger partial charge in [0.15, 0.2) is 0 Å². The van der Waals surface area contributed by atoms with E-state index in [1.807, 2.05) is 11.8 Å². The summed E-state index contributed by atoms with van der Waals surface area (Å²) in [6.07, 6.45) is 4.67. The number of thioether (sulfide) groups is 1. The Morgan fingerprint density at radius 2 is 1.65 bits per heavy atom. The van der Waals surface area contributed by atoms with Gasteiger partial charge in [0.05, 0.1) is 0 Å². The van der Waals surface area contributed by atoms with Gasteiger partial charge in [-0.05, 0) is 42.0 Å². The second-order valence-electron chi connectivity index (χ2n) is 3.88. The molecular weight excluding hydrogens is 360 g/mol. The summed E-state index contributed by atoms with van der Waals surface area (Å²) in [5.74, 6) is 0. The van der Waals surface area contributed by atoms with E-state index in [0.717, 1.165) is 17.3 Å². The normalized spacial score (nSPS) is 12.5.